The summed E-state index contributed by atoms with van der Waals surface area (Å²) in [6.45, 7) is 4.48. The molecule has 1 fully saturated rings. The third-order valence-corrected chi connectivity index (χ3v) is 8.60. The molecule has 2 heterocycles. The summed E-state index contributed by atoms with van der Waals surface area (Å²) in [5, 5.41) is 0. The fourth-order valence-electron chi connectivity index (χ4n) is 4.71. The summed E-state index contributed by atoms with van der Waals surface area (Å²) < 4.78 is 31.7. The molecule has 0 unspecified atom stereocenters. The van der Waals surface area contributed by atoms with Crippen molar-refractivity contribution in [1.82, 2.24) is 14.1 Å². The number of likely N-dealkylation sites (N-methyl/N-ethyl adjacent to an activating group) is 1. The minimum atomic E-state index is -3.50. The summed E-state index contributed by atoms with van der Waals surface area (Å²) in [5.74, 6) is -0.0334. The third-order valence-electron chi connectivity index (χ3n) is 6.77. The predicted molar refractivity (Wildman–Crippen MR) is 132 cm³/mol. The molecule has 1 atom stereocenters. The molecule has 8 nitrogen and oxygen atoms in total. The second-order valence-corrected chi connectivity index (χ2v) is 11.3. The van der Waals surface area contributed by atoms with E-state index >= 15 is 0 Å². The Bertz CT molecular complexity index is 1130. The van der Waals surface area contributed by atoms with Gasteiger partial charge in [-0.1, -0.05) is 24.3 Å². The van der Waals surface area contributed by atoms with Crippen LogP contribution in [0.3, 0.4) is 0 Å². The van der Waals surface area contributed by atoms with E-state index in [0.717, 1.165) is 49.4 Å². The number of amides is 1. The second-order valence-electron chi connectivity index (χ2n) is 9.17. The Morgan fingerprint density at radius 3 is 2.32 bits per heavy atom. The highest BCUT2D eigenvalue weighted by atomic mass is 32.2. The molecule has 0 spiro atoms. The number of methoxy groups -OCH3 is 1. The molecule has 0 N–H and O–H groups in total. The first-order valence-electron chi connectivity index (χ1n) is 11.6. The number of carbonyl (C=O) groups is 1. The van der Waals surface area contributed by atoms with Crippen molar-refractivity contribution < 1.29 is 17.9 Å². The Balaban J connectivity index is 1.55. The number of anilines is 1. The highest BCUT2D eigenvalue weighted by Crippen LogP contribution is 2.38. The first-order valence-corrected chi connectivity index (χ1v) is 13.1. The molecular weight excluding hydrogens is 452 g/mol. The summed E-state index contributed by atoms with van der Waals surface area (Å²) >= 11 is 0. The Morgan fingerprint density at radius 1 is 1.03 bits per heavy atom. The average molecular weight is 487 g/mol. The molecule has 0 bridgehead atoms. The van der Waals surface area contributed by atoms with Gasteiger partial charge in [-0.2, -0.15) is 0 Å². The minimum Gasteiger partial charge on any atom is -0.369 e. The number of hydrogen-bond acceptors (Lipinski definition) is 6. The molecule has 2 aromatic rings. The fourth-order valence-corrected chi connectivity index (χ4v) is 5.61. The first kappa shape index (κ1) is 24.7. The molecular formula is C25H34N4O4S. The van der Waals surface area contributed by atoms with Gasteiger partial charge in [-0.15, -0.1) is 0 Å². The molecule has 0 aromatic heterocycles. The maximum atomic E-state index is 13.4. The molecule has 2 aromatic carbocycles. The van der Waals surface area contributed by atoms with Gasteiger partial charge in [0.2, 0.25) is 15.9 Å². The lowest BCUT2D eigenvalue weighted by Gasteiger charge is -2.41. The SMILES string of the molecule is CO[C@H]1c2c(cccc2N2CCN(C)CC2)CCN1C(=O)Cc1ccc(S(=O)(=O)N(C)C)cc1. The molecule has 0 aliphatic carbocycles. The largest absolute Gasteiger partial charge is 0.369 e. The number of hydrogen-bond donors (Lipinski definition) is 0. The van der Waals surface area contributed by atoms with Gasteiger partial charge in [-0.3, -0.25) is 4.79 Å². The number of benzene rings is 2. The molecule has 0 saturated carbocycles. The predicted octanol–water partition coefficient (Wildman–Crippen LogP) is 1.96. The van der Waals surface area contributed by atoms with Crippen molar-refractivity contribution in [2.75, 3.05) is 65.9 Å². The summed E-state index contributed by atoms with van der Waals surface area (Å²) in [4.78, 5) is 20.1. The van der Waals surface area contributed by atoms with E-state index in [1.54, 1.807) is 31.4 Å². The van der Waals surface area contributed by atoms with Gasteiger partial charge >= 0.3 is 0 Å². The summed E-state index contributed by atoms with van der Waals surface area (Å²) in [6, 6.07) is 12.9. The van der Waals surface area contributed by atoms with E-state index in [-0.39, 0.29) is 17.2 Å². The number of nitrogens with zero attached hydrogens (tertiary/aromatic N) is 4. The lowest BCUT2D eigenvalue weighted by molar-refractivity contribution is -0.145. The van der Waals surface area contributed by atoms with Crippen LogP contribution in [0.5, 0.6) is 0 Å². The van der Waals surface area contributed by atoms with Gasteiger partial charge in [0.05, 0.1) is 11.3 Å². The standard InChI is InChI=1S/C25H34N4O4S/c1-26(2)34(31,32)21-10-8-19(9-11-21)18-23(30)29-13-12-20-6-5-7-22(24(20)25(29)33-4)28-16-14-27(3)15-17-28/h5-11,25H,12-18H2,1-4H3/t25-/m0/s1. The van der Waals surface area contributed by atoms with Crippen molar-refractivity contribution in [2.24, 2.45) is 0 Å². The Morgan fingerprint density at radius 2 is 1.71 bits per heavy atom. The third kappa shape index (κ3) is 4.84. The summed E-state index contributed by atoms with van der Waals surface area (Å²) in [7, 11) is 3.30. The van der Waals surface area contributed by atoms with Crippen molar-refractivity contribution >= 4 is 21.6 Å². The molecule has 4 rings (SSSR count). The highest BCUT2D eigenvalue weighted by Gasteiger charge is 2.34. The number of carbonyl (C=O) groups excluding carboxylic acids is 1. The number of ether oxygens (including phenoxy) is 1. The van der Waals surface area contributed by atoms with Crippen LogP contribution in [-0.4, -0.2) is 89.4 Å². The van der Waals surface area contributed by atoms with Gasteiger partial charge in [-0.25, -0.2) is 12.7 Å². The van der Waals surface area contributed by atoms with Crippen LogP contribution in [0.1, 0.15) is 22.9 Å². The van der Waals surface area contributed by atoms with Crippen LogP contribution in [0.4, 0.5) is 5.69 Å². The number of rotatable bonds is 6. The van der Waals surface area contributed by atoms with Gasteiger partial charge in [0.25, 0.3) is 0 Å². The maximum Gasteiger partial charge on any atom is 0.242 e. The lowest BCUT2D eigenvalue weighted by atomic mass is 9.94. The number of sulfonamides is 1. The van der Waals surface area contributed by atoms with Gasteiger partial charge in [0, 0.05) is 65.2 Å². The summed E-state index contributed by atoms with van der Waals surface area (Å²) in [6.07, 6.45) is 0.525. The van der Waals surface area contributed by atoms with Gasteiger partial charge < -0.3 is 19.4 Å². The van der Waals surface area contributed by atoms with Gasteiger partial charge in [-0.05, 0) is 42.8 Å². The van der Waals surface area contributed by atoms with Crippen molar-refractivity contribution in [2.45, 2.75) is 24.0 Å². The normalized spacial score (nSPS) is 19.4. The van der Waals surface area contributed by atoms with Gasteiger partial charge in [0.15, 0.2) is 6.23 Å². The van der Waals surface area contributed by atoms with Gasteiger partial charge in [0.1, 0.15) is 0 Å². The zero-order chi connectivity index (χ0) is 24.5. The summed E-state index contributed by atoms with van der Waals surface area (Å²) in [5.41, 5.74) is 4.23. The Labute approximate surface area is 202 Å². The fraction of sp³-hybridized carbons (Fsp3) is 0.480. The van der Waals surface area contributed by atoms with E-state index < -0.39 is 16.3 Å². The van der Waals surface area contributed by atoms with Crippen LogP contribution in [0.25, 0.3) is 0 Å². The van der Waals surface area contributed by atoms with Crippen molar-refractivity contribution in [3.05, 3.63) is 59.2 Å². The van der Waals surface area contributed by atoms with Crippen LogP contribution >= 0.6 is 0 Å². The number of piperazine rings is 1. The zero-order valence-electron chi connectivity index (χ0n) is 20.4. The van der Waals surface area contributed by atoms with E-state index in [1.807, 2.05) is 4.90 Å². The van der Waals surface area contributed by atoms with E-state index in [1.165, 1.54) is 24.0 Å². The number of fused-ring (bicyclic) bond motifs is 1. The van der Waals surface area contributed by atoms with Crippen molar-refractivity contribution in [3.63, 3.8) is 0 Å². The van der Waals surface area contributed by atoms with Crippen molar-refractivity contribution in [3.8, 4) is 0 Å². The Hall–Kier alpha value is -2.46. The van der Waals surface area contributed by atoms with E-state index in [0.29, 0.717) is 6.54 Å². The van der Waals surface area contributed by atoms with E-state index in [4.69, 9.17) is 4.74 Å². The molecule has 2 aliphatic rings. The lowest BCUT2D eigenvalue weighted by Crippen LogP contribution is -2.46. The first-order chi connectivity index (χ1) is 16.2. The molecule has 1 saturated heterocycles. The molecule has 9 heteroatoms. The molecule has 1 amide bonds. The van der Waals surface area contributed by atoms with Crippen LogP contribution in [0, 0.1) is 0 Å². The smallest absolute Gasteiger partial charge is 0.242 e. The average Bonchev–Trinajstić information content (AvgIpc) is 2.83. The monoisotopic (exact) mass is 486 g/mol. The maximum absolute atomic E-state index is 13.4. The molecule has 0 radical (unpaired) electrons. The highest BCUT2D eigenvalue weighted by molar-refractivity contribution is 7.89. The molecule has 34 heavy (non-hydrogen) atoms. The minimum absolute atomic E-state index is 0.0334. The second kappa shape index (κ2) is 10.0. The van der Waals surface area contributed by atoms with Crippen LogP contribution in [0.2, 0.25) is 0 Å². The van der Waals surface area contributed by atoms with Crippen LogP contribution < -0.4 is 4.90 Å². The van der Waals surface area contributed by atoms with E-state index in [9.17, 15) is 13.2 Å². The van der Waals surface area contributed by atoms with Crippen LogP contribution in [-0.2, 0) is 32.4 Å². The molecule has 2 aliphatic heterocycles. The quantitative estimate of drug-likeness (QED) is 0.622. The Kier molecular flexibility index (Phi) is 7.28. The topological polar surface area (TPSA) is 73.4 Å². The van der Waals surface area contributed by atoms with E-state index in [2.05, 4.69) is 35.0 Å². The van der Waals surface area contributed by atoms with Crippen molar-refractivity contribution in [1.29, 1.82) is 0 Å². The zero-order valence-corrected chi connectivity index (χ0v) is 21.2. The van der Waals surface area contributed by atoms with Crippen LogP contribution in [0.15, 0.2) is 47.4 Å². The molecule has 184 valence electrons.